The van der Waals surface area contributed by atoms with Crippen LogP contribution in [0.5, 0.6) is 0 Å². The molecule has 1 N–H and O–H groups in total. The van der Waals surface area contributed by atoms with Crippen molar-refractivity contribution in [3.63, 3.8) is 0 Å². The summed E-state index contributed by atoms with van der Waals surface area (Å²) in [6.07, 6.45) is 2.37. The highest BCUT2D eigenvalue weighted by Crippen LogP contribution is 2.24. The average Bonchev–Trinajstić information content (AvgIpc) is 2.38. The number of sulfone groups is 1. The summed E-state index contributed by atoms with van der Waals surface area (Å²) in [5.74, 6) is -1.20. The number of aryl methyl sites for hydroxylation is 2. The number of ether oxygens (including phenoxy) is 1. The number of carboxylic acid groups (broad SMARTS) is 1. The Bertz CT molecular complexity index is 642. The molecular weight excluding hydrogens is 292 g/mol. The molecule has 1 aromatic rings. The highest BCUT2D eigenvalue weighted by Gasteiger charge is 2.26. The molecule has 6 heteroatoms. The van der Waals surface area contributed by atoms with Gasteiger partial charge in [0.15, 0.2) is 9.84 Å². The molecule has 1 aliphatic heterocycles. The van der Waals surface area contributed by atoms with E-state index in [0.717, 1.165) is 19.3 Å². The van der Waals surface area contributed by atoms with Gasteiger partial charge in [-0.25, -0.2) is 13.2 Å². The van der Waals surface area contributed by atoms with E-state index in [4.69, 9.17) is 9.84 Å². The summed E-state index contributed by atoms with van der Waals surface area (Å²) < 4.78 is 30.5. The van der Waals surface area contributed by atoms with Crippen LogP contribution in [0.3, 0.4) is 0 Å². The van der Waals surface area contributed by atoms with Gasteiger partial charge < -0.3 is 9.84 Å². The topological polar surface area (TPSA) is 80.7 Å². The molecule has 1 aromatic carbocycles. The maximum atomic E-state index is 12.5. The van der Waals surface area contributed by atoms with Crippen molar-refractivity contribution in [1.29, 1.82) is 0 Å². The van der Waals surface area contributed by atoms with Gasteiger partial charge in [-0.3, -0.25) is 0 Å². The van der Waals surface area contributed by atoms with Crippen LogP contribution in [-0.2, 0) is 14.6 Å². The molecule has 0 aliphatic carbocycles. The maximum Gasteiger partial charge on any atom is 0.335 e. The summed E-state index contributed by atoms with van der Waals surface area (Å²) in [6.45, 7) is 3.94. The molecule has 0 saturated carbocycles. The van der Waals surface area contributed by atoms with E-state index in [-0.39, 0.29) is 22.3 Å². The summed E-state index contributed by atoms with van der Waals surface area (Å²) in [5, 5.41) is 9.15. The normalized spacial score (nSPS) is 19.4. The first-order valence-corrected chi connectivity index (χ1v) is 8.65. The molecule has 1 fully saturated rings. The van der Waals surface area contributed by atoms with E-state index in [2.05, 4.69) is 0 Å². The number of benzene rings is 1. The van der Waals surface area contributed by atoms with Crippen LogP contribution in [0.2, 0.25) is 0 Å². The van der Waals surface area contributed by atoms with E-state index in [9.17, 15) is 13.2 Å². The highest BCUT2D eigenvalue weighted by atomic mass is 32.2. The van der Waals surface area contributed by atoms with Gasteiger partial charge in [-0.2, -0.15) is 0 Å². The van der Waals surface area contributed by atoms with Crippen LogP contribution in [0, 0.1) is 13.8 Å². The molecule has 0 bridgehead atoms. The molecule has 2 rings (SSSR count). The van der Waals surface area contributed by atoms with Gasteiger partial charge in [0.05, 0.1) is 22.3 Å². The summed E-state index contributed by atoms with van der Waals surface area (Å²) in [6, 6.07) is 2.88. The van der Waals surface area contributed by atoms with Crippen LogP contribution >= 0.6 is 0 Å². The first-order valence-electron chi connectivity index (χ1n) is 7.00. The number of hydrogen-bond donors (Lipinski definition) is 1. The summed E-state index contributed by atoms with van der Waals surface area (Å²) in [7, 11) is -3.55. The Morgan fingerprint density at radius 1 is 1.29 bits per heavy atom. The largest absolute Gasteiger partial charge is 0.478 e. The molecule has 0 amide bonds. The SMILES string of the molecule is Cc1cc(C)c(S(=O)(=O)CC2CCCCO2)cc1C(=O)O. The standard InChI is InChI=1S/C15H20O5S/c1-10-7-11(2)14(8-13(10)15(16)17)21(18,19)9-12-5-3-4-6-20-12/h7-8,12H,3-6,9H2,1-2H3,(H,16,17). The van der Waals surface area contributed by atoms with E-state index in [1.807, 2.05) is 0 Å². The van der Waals surface area contributed by atoms with Gasteiger partial charge in [0, 0.05) is 6.61 Å². The zero-order chi connectivity index (χ0) is 15.6. The van der Waals surface area contributed by atoms with Crippen LogP contribution in [0.4, 0.5) is 0 Å². The van der Waals surface area contributed by atoms with Crippen molar-refractivity contribution in [2.24, 2.45) is 0 Å². The van der Waals surface area contributed by atoms with Crippen molar-refractivity contribution in [2.45, 2.75) is 44.1 Å². The Balaban J connectivity index is 2.34. The van der Waals surface area contributed by atoms with Gasteiger partial charge >= 0.3 is 5.97 Å². The van der Waals surface area contributed by atoms with E-state index in [0.29, 0.717) is 17.7 Å². The Labute approximate surface area is 124 Å². The highest BCUT2D eigenvalue weighted by molar-refractivity contribution is 7.91. The Morgan fingerprint density at radius 2 is 2.00 bits per heavy atom. The predicted octanol–water partition coefficient (Wildman–Crippen LogP) is 2.34. The van der Waals surface area contributed by atoms with E-state index >= 15 is 0 Å². The van der Waals surface area contributed by atoms with E-state index < -0.39 is 15.8 Å². The smallest absolute Gasteiger partial charge is 0.335 e. The monoisotopic (exact) mass is 312 g/mol. The van der Waals surface area contributed by atoms with Crippen LogP contribution < -0.4 is 0 Å². The number of aromatic carboxylic acids is 1. The molecule has 0 radical (unpaired) electrons. The molecular formula is C15H20O5S. The third-order valence-electron chi connectivity index (χ3n) is 3.77. The number of rotatable bonds is 4. The summed E-state index contributed by atoms with van der Waals surface area (Å²) in [5.41, 5.74) is 1.17. The fourth-order valence-corrected chi connectivity index (χ4v) is 4.45. The lowest BCUT2D eigenvalue weighted by molar-refractivity contribution is 0.0305. The van der Waals surface area contributed by atoms with Crippen LogP contribution in [-0.4, -0.2) is 38.0 Å². The van der Waals surface area contributed by atoms with E-state index in [1.54, 1.807) is 19.9 Å². The molecule has 116 valence electrons. The van der Waals surface area contributed by atoms with Crippen molar-refractivity contribution in [3.8, 4) is 0 Å². The Kier molecular flexibility index (Phi) is 4.68. The van der Waals surface area contributed by atoms with Crippen LogP contribution in [0.15, 0.2) is 17.0 Å². The molecule has 5 nitrogen and oxygen atoms in total. The molecule has 1 unspecified atom stereocenters. The zero-order valence-corrected chi connectivity index (χ0v) is 13.1. The van der Waals surface area contributed by atoms with Gasteiger partial charge in [-0.15, -0.1) is 0 Å². The molecule has 1 atom stereocenters. The van der Waals surface area contributed by atoms with Gasteiger partial charge in [0.1, 0.15) is 0 Å². The molecule has 1 heterocycles. The second kappa shape index (κ2) is 6.15. The maximum absolute atomic E-state index is 12.5. The lowest BCUT2D eigenvalue weighted by atomic mass is 10.1. The summed E-state index contributed by atoms with van der Waals surface area (Å²) >= 11 is 0. The summed E-state index contributed by atoms with van der Waals surface area (Å²) in [4.78, 5) is 11.3. The van der Waals surface area contributed by atoms with Gasteiger partial charge in [0.2, 0.25) is 0 Å². The van der Waals surface area contributed by atoms with Crippen molar-refractivity contribution in [3.05, 3.63) is 28.8 Å². The van der Waals surface area contributed by atoms with Gasteiger partial charge in [0.25, 0.3) is 0 Å². The minimum atomic E-state index is -3.55. The second-order valence-electron chi connectivity index (χ2n) is 5.51. The Hall–Kier alpha value is -1.40. The van der Waals surface area contributed by atoms with Gasteiger partial charge in [-0.05, 0) is 50.3 Å². The third kappa shape index (κ3) is 3.63. The quantitative estimate of drug-likeness (QED) is 0.923. The number of carboxylic acids is 1. The fourth-order valence-electron chi connectivity index (χ4n) is 2.67. The molecule has 0 aromatic heterocycles. The van der Waals surface area contributed by atoms with E-state index in [1.165, 1.54) is 6.07 Å². The minimum Gasteiger partial charge on any atom is -0.478 e. The van der Waals surface area contributed by atoms with Crippen molar-refractivity contribution < 1.29 is 23.1 Å². The van der Waals surface area contributed by atoms with Crippen molar-refractivity contribution >= 4 is 15.8 Å². The average molecular weight is 312 g/mol. The number of hydrogen-bond acceptors (Lipinski definition) is 4. The fraction of sp³-hybridized carbons (Fsp3) is 0.533. The molecule has 1 saturated heterocycles. The number of carbonyl (C=O) groups is 1. The predicted molar refractivity (Wildman–Crippen MR) is 78.5 cm³/mol. The Morgan fingerprint density at radius 3 is 2.57 bits per heavy atom. The van der Waals surface area contributed by atoms with Crippen molar-refractivity contribution in [1.82, 2.24) is 0 Å². The van der Waals surface area contributed by atoms with Gasteiger partial charge in [-0.1, -0.05) is 6.07 Å². The first-order chi connectivity index (χ1) is 9.81. The minimum absolute atomic E-state index is 0.0312. The molecule has 0 spiro atoms. The molecule has 21 heavy (non-hydrogen) atoms. The first kappa shape index (κ1) is 16.0. The van der Waals surface area contributed by atoms with Crippen LogP contribution in [0.1, 0.15) is 40.7 Å². The lowest BCUT2D eigenvalue weighted by Gasteiger charge is -2.22. The second-order valence-corrected chi connectivity index (χ2v) is 7.51. The zero-order valence-electron chi connectivity index (χ0n) is 12.3. The third-order valence-corrected chi connectivity index (χ3v) is 5.69. The van der Waals surface area contributed by atoms with Crippen molar-refractivity contribution in [2.75, 3.05) is 12.4 Å². The lowest BCUT2D eigenvalue weighted by Crippen LogP contribution is -2.28. The van der Waals surface area contributed by atoms with Crippen LogP contribution in [0.25, 0.3) is 0 Å². The molecule has 1 aliphatic rings.